The molecule has 2 N–H and O–H groups in total. The van der Waals surface area contributed by atoms with Gasteiger partial charge < -0.3 is 5.73 Å². The minimum Gasteiger partial charge on any atom is -0.326 e. The summed E-state index contributed by atoms with van der Waals surface area (Å²) in [5.41, 5.74) is 9.70. The molecule has 0 aliphatic carbocycles. The van der Waals surface area contributed by atoms with Crippen LogP contribution in [-0.2, 0) is 0 Å². The Hall–Kier alpha value is -1.13. The SMILES string of the molecule is CCC(N)C(c1ccc(Br)cc1)n1nc(C)cc1C. The lowest BCUT2D eigenvalue weighted by Gasteiger charge is -2.25. The first-order valence-corrected chi connectivity index (χ1v) is 7.36. The van der Waals surface area contributed by atoms with E-state index in [0.717, 1.165) is 22.3 Å². The van der Waals surface area contributed by atoms with Gasteiger partial charge in [0.2, 0.25) is 0 Å². The first-order chi connectivity index (χ1) is 9.02. The Balaban J connectivity index is 2.47. The third kappa shape index (κ3) is 3.07. The highest BCUT2D eigenvalue weighted by Gasteiger charge is 2.22. The van der Waals surface area contributed by atoms with Gasteiger partial charge in [-0.05, 0) is 44.0 Å². The molecule has 4 heteroatoms. The van der Waals surface area contributed by atoms with Gasteiger partial charge in [0.15, 0.2) is 0 Å². The van der Waals surface area contributed by atoms with Crippen molar-refractivity contribution in [2.45, 2.75) is 39.3 Å². The normalized spacial score (nSPS) is 14.4. The third-order valence-electron chi connectivity index (χ3n) is 3.40. The highest BCUT2D eigenvalue weighted by atomic mass is 79.9. The molecule has 2 aromatic rings. The van der Waals surface area contributed by atoms with Gasteiger partial charge in [-0.2, -0.15) is 5.10 Å². The Morgan fingerprint density at radius 1 is 1.26 bits per heavy atom. The van der Waals surface area contributed by atoms with Crippen molar-refractivity contribution in [2.24, 2.45) is 5.73 Å². The van der Waals surface area contributed by atoms with Gasteiger partial charge in [-0.15, -0.1) is 0 Å². The summed E-state index contributed by atoms with van der Waals surface area (Å²) in [7, 11) is 0. The van der Waals surface area contributed by atoms with Gasteiger partial charge in [-0.1, -0.05) is 35.0 Å². The zero-order valence-electron chi connectivity index (χ0n) is 11.6. The van der Waals surface area contributed by atoms with Gasteiger partial charge in [0.25, 0.3) is 0 Å². The summed E-state index contributed by atoms with van der Waals surface area (Å²) >= 11 is 3.47. The summed E-state index contributed by atoms with van der Waals surface area (Å²) in [4.78, 5) is 0. The molecule has 2 unspecified atom stereocenters. The molecule has 0 aliphatic rings. The van der Waals surface area contributed by atoms with E-state index in [1.54, 1.807) is 0 Å². The van der Waals surface area contributed by atoms with Crippen molar-refractivity contribution in [1.82, 2.24) is 9.78 Å². The van der Waals surface area contributed by atoms with Crippen molar-refractivity contribution in [2.75, 3.05) is 0 Å². The maximum atomic E-state index is 6.32. The quantitative estimate of drug-likeness (QED) is 0.935. The molecule has 0 saturated heterocycles. The minimum atomic E-state index is 0.0548. The van der Waals surface area contributed by atoms with E-state index in [4.69, 9.17) is 5.73 Å². The van der Waals surface area contributed by atoms with Crippen LogP contribution in [0.4, 0.5) is 0 Å². The van der Waals surface area contributed by atoms with E-state index in [-0.39, 0.29) is 12.1 Å². The van der Waals surface area contributed by atoms with E-state index >= 15 is 0 Å². The summed E-state index contributed by atoms with van der Waals surface area (Å²) in [6.07, 6.45) is 0.916. The van der Waals surface area contributed by atoms with Gasteiger partial charge in [0.05, 0.1) is 11.7 Å². The number of nitrogens with zero attached hydrogens (tertiary/aromatic N) is 2. The molecule has 0 radical (unpaired) electrons. The van der Waals surface area contributed by atoms with Crippen LogP contribution in [-0.4, -0.2) is 15.8 Å². The number of aryl methyl sites for hydroxylation is 2. The minimum absolute atomic E-state index is 0.0548. The molecule has 102 valence electrons. The topological polar surface area (TPSA) is 43.8 Å². The molecule has 0 spiro atoms. The molecule has 0 amide bonds. The predicted octanol–water partition coefficient (Wildman–Crippen LogP) is 3.59. The van der Waals surface area contributed by atoms with Crippen LogP contribution in [0.5, 0.6) is 0 Å². The lowest BCUT2D eigenvalue weighted by Crippen LogP contribution is -2.33. The number of hydrogen-bond donors (Lipinski definition) is 1. The van der Waals surface area contributed by atoms with E-state index in [2.05, 4.69) is 65.2 Å². The third-order valence-corrected chi connectivity index (χ3v) is 3.93. The molecular formula is C15H20BrN3. The van der Waals surface area contributed by atoms with Crippen LogP contribution < -0.4 is 5.73 Å². The Labute approximate surface area is 122 Å². The molecule has 2 atom stereocenters. The van der Waals surface area contributed by atoms with E-state index in [1.165, 1.54) is 5.56 Å². The van der Waals surface area contributed by atoms with Gasteiger partial charge in [0, 0.05) is 16.2 Å². The summed E-state index contributed by atoms with van der Waals surface area (Å²) in [5, 5.41) is 4.60. The number of halogens is 1. The first kappa shape index (κ1) is 14.3. The van der Waals surface area contributed by atoms with Crippen molar-refractivity contribution in [1.29, 1.82) is 0 Å². The van der Waals surface area contributed by atoms with E-state index in [0.29, 0.717) is 0 Å². The highest BCUT2D eigenvalue weighted by Crippen LogP contribution is 2.25. The molecule has 0 bridgehead atoms. The van der Waals surface area contributed by atoms with Crippen LogP contribution in [0.15, 0.2) is 34.8 Å². The molecule has 0 saturated carbocycles. The molecule has 1 heterocycles. The fourth-order valence-electron chi connectivity index (χ4n) is 2.38. The Morgan fingerprint density at radius 2 is 1.89 bits per heavy atom. The molecular weight excluding hydrogens is 302 g/mol. The second-order valence-corrected chi connectivity index (χ2v) is 5.86. The van der Waals surface area contributed by atoms with Crippen LogP contribution in [0.2, 0.25) is 0 Å². The number of rotatable bonds is 4. The second kappa shape index (κ2) is 5.88. The van der Waals surface area contributed by atoms with Gasteiger partial charge in [0.1, 0.15) is 0 Å². The lowest BCUT2D eigenvalue weighted by molar-refractivity contribution is 0.415. The molecule has 0 fully saturated rings. The summed E-state index contributed by atoms with van der Waals surface area (Å²) in [6, 6.07) is 10.6. The first-order valence-electron chi connectivity index (χ1n) is 6.56. The largest absolute Gasteiger partial charge is 0.326 e. The summed E-state index contributed by atoms with van der Waals surface area (Å²) in [6.45, 7) is 6.20. The second-order valence-electron chi connectivity index (χ2n) is 4.94. The number of benzene rings is 1. The smallest absolute Gasteiger partial charge is 0.0922 e. The fourth-order valence-corrected chi connectivity index (χ4v) is 2.65. The number of aromatic nitrogens is 2. The zero-order chi connectivity index (χ0) is 14.0. The highest BCUT2D eigenvalue weighted by molar-refractivity contribution is 9.10. The Kier molecular flexibility index (Phi) is 4.42. The Morgan fingerprint density at radius 3 is 2.37 bits per heavy atom. The van der Waals surface area contributed by atoms with Crippen LogP contribution in [0.3, 0.4) is 0 Å². The average molecular weight is 322 g/mol. The average Bonchev–Trinajstić information content (AvgIpc) is 2.71. The van der Waals surface area contributed by atoms with Crippen molar-refractivity contribution in [3.8, 4) is 0 Å². The van der Waals surface area contributed by atoms with Gasteiger partial charge in [-0.3, -0.25) is 4.68 Å². The van der Waals surface area contributed by atoms with Gasteiger partial charge >= 0.3 is 0 Å². The molecule has 2 rings (SSSR count). The van der Waals surface area contributed by atoms with E-state index < -0.39 is 0 Å². The van der Waals surface area contributed by atoms with Gasteiger partial charge in [-0.25, -0.2) is 0 Å². The van der Waals surface area contributed by atoms with Crippen LogP contribution in [0, 0.1) is 13.8 Å². The van der Waals surface area contributed by atoms with Crippen molar-refractivity contribution in [3.05, 3.63) is 51.8 Å². The predicted molar refractivity (Wildman–Crippen MR) is 82.2 cm³/mol. The lowest BCUT2D eigenvalue weighted by atomic mass is 9.98. The Bertz CT molecular complexity index is 545. The van der Waals surface area contributed by atoms with Crippen molar-refractivity contribution >= 4 is 15.9 Å². The van der Waals surface area contributed by atoms with Crippen molar-refractivity contribution in [3.63, 3.8) is 0 Å². The van der Waals surface area contributed by atoms with Crippen LogP contribution in [0.1, 0.15) is 36.3 Å². The molecule has 1 aromatic heterocycles. The number of nitrogens with two attached hydrogens (primary N) is 1. The van der Waals surface area contributed by atoms with E-state index in [9.17, 15) is 0 Å². The maximum absolute atomic E-state index is 6.32. The summed E-state index contributed by atoms with van der Waals surface area (Å²) in [5.74, 6) is 0. The molecule has 0 aliphatic heterocycles. The standard InChI is InChI=1S/C15H20BrN3/c1-4-14(17)15(12-5-7-13(16)8-6-12)19-11(3)9-10(2)18-19/h5-9,14-15H,4,17H2,1-3H3. The molecule has 1 aromatic carbocycles. The molecule has 19 heavy (non-hydrogen) atoms. The monoisotopic (exact) mass is 321 g/mol. The fraction of sp³-hybridized carbons (Fsp3) is 0.400. The zero-order valence-corrected chi connectivity index (χ0v) is 13.2. The summed E-state index contributed by atoms with van der Waals surface area (Å²) < 4.78 is 3.13. The van der Waals surface area contributed by atoms with E-state index in [1.807, 2.05) is 11.6 Å². The van der Waals surface area contributed by atoms with Crippen LogP contribution >= 0.6 is 15.9 Å². The van der Waals surface area contributed by atoms with Crippen molar-refractivity contribution < 1.29 is 0 Å². The maximum Gasteiger partial charge on any atom is 0.0922 e. The molecule has 3 nitrogen and oxygen atoms in total. The number of hydrogen-bond acceptors (Lipinski definition) is 2. The van der Waals surface area contributed by atoms with Crippen LogP contribution in [0.25, 0.3) is 0 Å².